The van der Waals surface area contributed by atoms with Crippen LogP contribution in [-0.4, -0.2) is 18.2 Å². The van der Waals surface area contributed by atoms with E-state index in [1.807, 2.05) is 42.5 Å². The first-order valence-corrected chi connectivity index (χ1v) is 8.11. The number of rotatable bonds is 5. The maximum Gasteiger partial charge on any atom is 0.277 e. The highest BCUT2D eigenvalue weighted by Gasteiger charge is 2.04. The molecule has 5 nitrogen and oxygen atoms in total. The molecule has 0 saturated carbocycles. The molecule has 0 saturated heterocycles. The molecule has 1 amide bonds. The molecule has 0 aliphatic heterocycles. The fourth-order valence-electron chi connectivity index (χ4n) is 2.44. The average molecular weight is 343 g/mol. The van der Waals surface area contributed by atoms with Gasteiger partial charge in [-0.25, -0.2) is 5.43 Å². The van der Waals surface area contributed by atoms with Crippen LogP contribution in [0.2, 0.25) is 0 Å². The van der Waals surface area contributed by atoms with E-state index in [1.165, 1.54) is 0 Å². The molecule has 0 heterocycles. The predicted octanol–water partition coefficient (Wildman–Crippen LogP) is 3.63. The van der Waals surface area contributed by atoms with Crippen molar-refractivity contribution in [3.05, 3.63) is 77.9 Å². The summed E-state index contributed by atoms with van der Waals surface area (Å²) in [6.07, 6.45) is 0. The van der Waals surface area contributed by atoms with Crippen molar-refractivity contribution in [3.8, 4) is 11.8 Å². The van der Waals surface area contributed by atoms with Crippen molar-refractivity contribution >= 4 is 22.4 Å². The monoisotopic (exact) mass is 343 g/mol. The maximum absolute atomic E-state index is 11.9. The third-order valence-corrected chi connectivity index (χ3v) is 3.87. The molecule has 3 aromatic rings. The Kier molecular flexibility index (Phi) is 5.25. The molecule has 0 aliphatic rings. The Bertz CT molecular complexity index is 1000. The fourth-order valence-corrected chi connectivity index (χ4v) is 2.44. The van der Waals surface area contributed by atoms with E-state index in [2.05, 4.69) is 16.6 Å². The van der Waals surface area contributed by atoms with Gasteiger partial charge in [0, 0.05) is 0 Å². The number of hydrogen-bond acceptors (Lipinski definition) is 4. The third-order valence-electron chi connectivity index (χ3n) is 3.87. The van der Waals surface area contributed by atoms with Crippen LogP contribution in [-0.2, 0) is 4.79 Å². The van der Waals surface area contributed by atoms with E-state index < -0.39 is 0 Å². The molecule has 1 N–H and O–H groups in total. The zero-order valence-electron chi connectivity index (χ0n) is 14.3. The highest BCUT2D eigenvalue weighted by Crippen LogP contribution is 2.20. The van der Waals surface area contributed by atoms with Crippen LogP contribution in [0.3, 0.4) is 0 Å². The first-order chi connectivity index (χ1) is 12.7. The minimum Gasteiger partial charge on any atom is -0.484 e. The third kappa shape index (κ3) is 4.25. The highest BCUT2D eigenvalue weighted by molar-refractivity contribution is 5.99. The molecular formula is C21H17N3O2. The highest BCUT2D eigenvalue weighted by atomic mass is 16.5. The van der Waals surface area contributed by atoms with Crippen molar-refractivity contribution in [3.63, 3.8) is 0 Å². The van der Waals surface area contributed by atoms with Gasteiger partial charge in [0.2, 0.25) is 0 Å². The summed E-state index contributed by atoms with van der Waals surface area (Å²) in [5, 5.41) is 15.0. The largest absolute Gasteiger partial charge is 0.484 e. The summed E-state index contributed by atoms with van der Waals surface area (Å²) in [5.74, 6) is 0.290. The van der Waals surface area contributed by atoms with Gasteiger partial charge in [-0.3, -0.25) is 4.79 Å². The van der Waals surface area contributed by atoms with Crippen LogP contribution in [0.15, 0.2) is 71.8 Å². The van der Waals surface area contributed by atoms with E-state index >= 15 is 0 Å². The average Bonchev–Trinajstić information content (AvgIpc) is 2.70. The van der Waals surface area contributed by atoms with Gasteiger partial charge in [0.05, 0.1) is 17.3 Å². The van der Waals surface area contributed by atoms with Gasteiger partial charge in [-0.05, 0) is 47.5 Å². The molecule has 0 spiro atoms. The second-order valence-electron chi connectivity index (χ2n) is 5.72. The van der Waals surface area contributed by atoms with Crippen LogP contribution >= 0.6 is 0 Å². The lowest BCUT2D eigenvalue weighted by Gasteiger charge is -2.07. The number of amides is 1. The van der Waals surface area contributed by atoms with Gasteiger partial charge in [0.25, 0.3) is 5.91 Å². The van der Waals surface area contributed by atoms with Crippen molar-refractivity contribution in [1.29, 1.82) is 5.26 Å². The number of carbonyl (C=O) groups is 1. The molecule has 0 bridgehead atoms. The van der Waals surface area contributed by atoms with E-state index in [9.17, 15) is 4.79 Å². The van der Waals surface area contributed by atoms with E-state index in [-0.39, 0.29) is 12.5 Å². The van der Waals surface area contributed by atoms with E-state index in [0.29, 0.717) is 17.0 Å². The van der Waals surface area contributed by atoms with Gasteiger partial charge in [0.15, 0.2) is 6.61 Å². The Morgan fingerprint density at radius 1 is 1.08 bits per heavy atom. The summed E-state index contributed by atoms with van der Waals surface area (Å²) < 4.78 is 5.53. The number of benzene rings is 3. The molecule has 0 unspecified atom stereocenters. The number of nitriles is 1. The molecule has 3 aromatic carbocycles. The van der Waals surface area contributed by atoms with Gasteiger partial charge in [0.1, 0.15) is 5.75 Å². The molecule has 0 aromatic heterocycles. The lowest BCUT2D eigenvalue weighted by molar-refractivity contribution is -0.123. The number of nitrogens with one attached hydrogen (secondary N) is 1. The van der Waals surface area contributed by atoms with Gasteiger partial charge < -0.3 is 4.74 Å². The van der Waals surface area contributed by atoms with Crippen LogP contribution in [0, 0.1) is 11.3 Å². The van der Waals surface area contributed by atoms with Gasteiger partial charge >= 0.3 is 0 Å². The number of ether oxygens (including phenoxy) is 1. The summed E-state index contributed by atoms with van der Waals surface area (Å²) in [6, 6.07) is 22.7. The van der Waals surface area contributed by atoms with Crippen molar-refractivity contribution in [1.82, 2.24) is 5.43 Å². The Hall–Kier alpha value is -3.65. The second-order valence-corrected chi connectivity index (χ2v) is 5.72. The van der Waals surface area contributed by atoms with Crippen molar-refractivity contribution < 1.29 is 9.53 Å². The number of nitrogens with zero attached hydrogens (tertiary/aromatic N) is 2. The molecule has 3 rings (SSSR count). The first-order valence-electron chi connectivity index (χ1n) is 8.11. The zero-order valence-corrected chi connectivity index (χ0v) is 14.3. The van der Waals surface area contributed by atoms with Crippen LogP contribution in [0.5, 0.6) is 5.75 Å². The molecule has 5 heteroatoms. The number of hydrazone groups is 1. The maximum atomic E-state index is 11.9. The van der Waals surface area contributed by atoms with Crippen molar-refractivity contribution in [2.24, 2.45) is 5.10 Å². The summed E-state index contributed by atoms with van der Waals surface area (Å²) >= 11 is 0. The lowest BCUT2D eigenvalue weighted by atomic mass is 10.1. The van der Waals surface area contributed by atoms with E-state index in [0.717, 1.165) is 16.3 Å². The van der Waals surface area contributed by atoms with Crippen LogP contribution in [0.25, 0.3) is 10.8 Å². The van der Waals surface area contributed by atoms with Crippen LogP contribution < -0.4 is 10.2 Å². The quantitative estimate of drug-likeness (QED) is 0.568. The molecule has 0 radical (unpaired) electrons. The van der Waals surface area contributed by atoms with E-state index in [1.54, 1.807) is 31.2 Å². The normalized spacial score (nSPS) is 11.0. The Morgan fingerprint density at radius 3 is 2.54 bits per heavy atom. The molecule has 26 heavy (non-hydrogen) atoms. The zero-order chi connectivity index (χ0) is 18.4. The minimum absolute atomic E-state index is 0.123. The Morgan fingerprint density at radius 2 is 1.81 bits per heavy atom. The minimum atomic E-state index is -0.342. The molecule has 0 atom stereocenters. The van der Waals surface area contributed by atoms with Crippen LogP contribution in [0.4, 0.5) is 0 Å². The second kappa shape index (κ2) is 7.95. The van der Waals surface area contributed by atoms with Crippen molar-refractivity contribution in [2.75, 3.05) is 6.61 Å². The van der Waals surface area contributed by atoms with Gasteiger partial charge in [-0.2, -0.15) is 10.4 Å². The standard InChI is InChI=1S/C21H17N3O2/c1-15(17-8-6-16(13-22)7-9-17)23-24-21(25)14-26-20-11-10-18-4-2-3-5-19(18)12-20/h2-12H,14H2,1H3,(H,24,25)/b23-15+. The number of carbonyl (C=O) groups excluding carboxylic acids is 1. The molecule has 128 valence electrons. The van der Waals surface area contributed by atoms with Crippen molar-refractivity contribution in [2.45, 2.75) is 6.92 Å². The Balaban J connectivity index is 1.56. The summed E-state index contributed by atoms with van der Waals surface area (Å²) in [7, 11) is 0. The molecule has 0 aliphatic carbocycles. The summed E-state index contributed by atoms with van der Waals surface area (Å²) in [6.45, 7) is 1.66. The van der Waals surface area contributed by atoms with E-state index in [4.69, 9.17) is 10.00 Å². The van der Waals surface area contributed by atoms with Crippen LogP contribution in [0.1, 0.15) is 18.1 Å². The Labute approximate surface area is 151 Å². The summed E-state index contributed by atoms with van der Waals surface area (Å²) in [5.41, 5.74) is 4.53. The van der Waals surface area contributed by atoms with Gasteiger partial charge in [-0.15, -0.1) is 0 Å². The molecule has 0 fully saturated rings. The SMILES string of the molecule is C/C(=N\NC(=O)COc1ccc2ccccc2c1)c1ccc(C#N)cc1. The number of fused-ring (bicyclic) bond motifs is 1. The summed E-state index contributed by atoms with van der Waals surface area (Å²) in [4.78, 5) is 11.9. The van der Waals surface area contributed by atoms with Gasteiger partial charge in [-0.1, -0.05) is 42.5 Å². The first kappa shape index (κ1) is 17.2. The number of hydrogen-bond donors (Lipinski definition) is 1. The fraction of sp³-hybridized carbons (Fsp3) is 0.0952. The molecular weight excluding hydrogens is 326 g/mol. The topological polar surface area (TPSA) is 74.5 Å². The smallest absolute Gasteiger partial charge is 0.277 e. The predicted molar refractivity (Wildman–Crippen MR) is 101 cm³/mol. The lowest BCUT2D eigenvalue weighted by Crippen LogP contribution is -2.25.